The van der Waals surface area contributed by atoms with Crippen molar-refractivity contribution >= 4 is 29.2 Å². The highest BCUT2D eigenvalue weighted by atomic mass is 35.5. The van der Waals surface area contributed by atoms with Crippen LogP contribution in [-0.4, -0.2) is 25.1 Å². The summed E-state index contributed by atoms with van der Waals surface area (Å²) in [5.74, 6) is 0.208. The van der Waals surface area contributed by atoms with Gasteiger partial charge in [0.15, 0.2) is 0 Å². The number of hydrogen-bond donors (Lipinski definition) is 1. The molecule has 0 saturated heterocycles. The zero-order valence-electron chi connectivity index (χ0n) is 15.6. The molecule has 6 heteroatoms. The molecule has 2 aromatic carbocycles. The van der Waals surface area contributed by atoms with E-state index >= 15 is 0 Å². The minimum atomic E-state index is -0.389. The Hall–Kier alpha value is -2.53. The van der Waals surface area contributed by atoms with Crippen molar-refractivity contribution in [3.05, 3.63) is 58.6 Å². The van der Waals surface area contributed by atoms with Crippen LogP contribution >= 0.6 is 11.6 Å². The van der Waals surface area contributed by atoms with Crippen LogP contribution in [0, 0.1) is 6.92 Å². The molecule has 0 spiro atoms. The third-order valence-corrected chi connectivity index (χ3v) is 4.19. The molecule has 5 nitrogen and oxygen atoms in total. The van der Waals surface area contributed by atoms with Crippen molar-refractivity contribution in [2.75, 3.05) is 18.5 Å². The molecule has 0 aliphatic heterocycles. The van der Waals surface area contributed by atoms with Crippen molar-refractivity contribution in [3.8, 4) is 5.75 Å². The number of anilines is 1. The van der Waals surface area contributed by atoms with Crippen molar-refractivity contribution in [3.63, 3.8) is 0 Å². The summed E-state index contributed by atoms with van der Waals surface area (Å²) in [5, 5.41) is 3.49. The standard InChI is InChI=1S/C21H24ClNO4/c1-3-11-27-21(25)16-6-4-7-17(14-16)23-20(24)8-5-12-26-18-9-10-19(22)15(2)13-18/h4,6-7,9-10,13-14H,3,5,8,11-12H2,1-2H3,(H,23,24). The molecule has 2 rings (SSSR count). The molecular weight excluding hydrogens is 366 g/mol. The predicted molar refractivity (Wildman–Crippen MR) is 107 cm³/mol. The highest BCUT2D eigenvalue weighted by Crippen LogP contribution is 2.21. The van der Waals surface area contributed by atoms with E-state index in [0.717, 1.165) is 17.7 Å². The van der Waals surface area contributed by atoms with Gasteiger partial charge >= 0.3 is 5.97 Å². The van der Waals surface area contributed by atoms with Gasteiger partial charge in [0.05, 0.1) is 18.8 Å². The molecule has 0 radical (unpaired) electrons. The Bertz CT molecular complexity index is 792. The molecule has 0 fully saturated rings. The molecule has 1 amide bonds. The first-order valence-corrected chi connectivity index (χ1v) is 9.33. The van der Waals surface area contributed by atoms with Crippen LogP contribution in [0.2, 0.25) is 5.02 Å². The first-order valence-electron chi connectivity index (χ1n) is 8.95. The van der Waals surface area contributed by atoms with Gasteiger partial charge in [-0.2, -0.15) is 0 Å². The van der Waals surface area contributed by atoms with Gasteiger partial charge in [-0.3, -0.25) is 4.79 Å². The molecule has 0 bridgehead atoms. The zero-order valence-corrected chi connectivity index (χ0v) is 16.3. The summed E-state index contributed by atoms with van der Waals surface area (Å²) in [5.41, 5.74) is 1.94. The molecule has 27 heavy (non-hydrogen) atoms. The second-order valence-corrected chi connectivity index (χ2v) is 6.54. The highest BCUT2D eigenvalue weighted by molar-refractivity contribution is 6.31. The van der Waals surface area contributed by atoms with E-state index in [2.05, 4.69) is 5.32 Å². The van der Waals surface area contributed by atoms with E-state index in [1.165, 1.54) is 0 Å². The molecule has 144 valence electrons. The fraction of sp³-hybridized carbons (Fsp3) is 0.333. The smallest absolute Gasteiger partial charge is 0.338 e. The largest absolute Gasteiger partial charge is 0.494 e. The Morgan fingerprint density at radius 3 is 2.67 bits per heavy atom. The van der Waals surface area contributed by atoms with Crippen LogP contribution in [0.15, 0.2) is 42.5 Å². The molecule has 0 atom stereocenters. The van der Waals surface area contributed by atoms with Gasteiger partial charge < -0.3 is 14.8 Å². The maximum Gasteiger partial charge on any atom is 0.338 e. The van der Waals surface area contributed by atoms with Gasteiger partial charge in [-0.05, 0) is 61.7 Å². The molecular formula is C21H24ClNO4. The average Bonchev–Trinajstić information content (AvgIpc) is 2.66. The van der Waals surface area contributed by atoms with Crippen LogP contribution < -0.4 is 10.1 Å². The lowest BCUT2D eigenvalue weighted by Crippen LogP contribution is -2.13. The van der Waals surface area contributed by atoms with E-state index in [0.29, 0.717) is 42.3 Å². The number of esters is 1. The van der Waals surface area contributed by atoms with Gasteiger partial charge in [-0.15, -0.1) is 0 Å². The van der Waals surface area contributed by atoms with Crippen molar-refractivity contribution in [2.24, 2.45) is 0 Å². The van der Waals surface area contributed by atoms with E-state index in [1.54, 1.807) is 36.4 Å². The molecule has 0 aliphatic carbocycles. The molecule has 0 unspecified atom stereocenters. The van der Waals surface area contributed by atoms with E-state index in [-0.39, 0.29) is 11.9 Å². The van der Waals surface area contributed by atoms with Crippen molar-refractivity contribution in [2.45, 2.75) is 33.1 Å². The van der Waals surface area contributed by atoms with E-state index < -0.39 is 0 Å². The summed E-state index contributed by atoms with van der Waals surface area (Å²) in [6.45, 7) is 4.65. The number of carbonyl (C=O) groups is 2. The van der Waals surface area contributed by atoms with Crippen LogP contribution in [0.3, 0.4) is 0 Å². The molecule has 2 aromatic rings. The first-order chi connectivity index (χ1) is 13.0. The Balaban J connectivity index is 1.76. The third kappa shape index (κ3) is 6.94. The molecule has 1 N–H and O–H groups in total. The Morgan fingerprint density at radius 2 is 1.93 bits per heavy atom. The minimum absolute atomic E-state index is 0.134. The number of ether oxygens (including phenoxy) is 2. The fourth-order valence-electron chi connectivity index (χ4n) is 2.36. The van der Waals surface area contributed by atoms with Gasteiger partial charge in [0.1, 0.15) is 5.75 Å². The maximum atomic E-state index is 12.1. The lowest BCUT2D eigenvalue weighted by Gasteiger charge is -2.09. The molecule has 0 aromatic heterocycles. The van der Waals surface area contributed by atoms with Crippen molar-refractivity contribution in [1.29, 1.82) is 0 Å². The normalized spacial score (nSPS) is 10.3. The lowest BCUT2D eigenvalue weighted by atomic mass is 10.2. The van der Waals surface area contributed by atoms with Gasteiger partial charge in [0.25, 0.3) is 0 Å². The first kappa shape index (κ1) is 20.8. The van der Waals surface area contributed by atoms with Gasteiger partial charge in [-0.1, -0.05) is 24.6 Å². The van der Waals surface area contributed by atoms with E-state index in [9.17, 15) is 9.59 Å². The number of benzene rings is 2. The summed E-state index contributed by atoms with van der Waals surface area (Å²) in [4.78, 5) is 23.9. The van der Waals surface area contributed by atoms with Crippen molar-refractivity contribution < 1.29 is 19.1 Å². The minimum Gasteiger partial charge on any atom is -0.494 e. The number of nitrogens with one attached hydrogen (secondary N) is 1. The monoisotopic (exact) mass is 389 g/mol. The summed E-state index contributed by atoms with van der Waals surface area (Å²) >= 11 is 5.98. The Morgan fingerprint density at radius 1 is 1.11 bits per heavy atom. The summed E-state index contributed by atoms with van der Waals surface area (Å²) in [6.07, 6.45) is 1.66. The SMILES string of the molecule is CCCOC(=O)c1cccc(NC(=O)CCCOc2ccc(Cl)c(C)c2)c1. The quantitative estimate of drug-likeness (QED) is 0.483. The number of halogens is 1. The van der Waals surface area contributed by atoms with Crippen LogP contribution in [0.4, 0.5) is 5.69 Å². The van der Waals surface area contributed by atoms with Crippen LogP contribution in [0.1, 0.15) is 42.1 Å². The average molecular weight is 390 g/mol. The lowest BCUT2D eigenvalue weighted by molar-refractivity contribution is -0.116. The fourth-order valence-corrected chi connectivity index (χ4v) is 2.47. The van der Waals surface area contributed by atoms with Gasteiger partial charge in [0, 0.05) is 17.1 Å². The van der Waals surface area contributed by atoms with Gasteiger partial charge in [-0.25, -0.2) is 4.79 Å². The second-order valence-electron chi connectivity index (χ2n) is 6.13. The van der Waals surface area contributed by atoms with Gasteiger partial charge in [0.2, 0.25) is 5.91 Å². The Kier molecular flexibility index (Phi) is 8.14. The van der Waals surface area contributed by atoms with Crippen molar-refractivity contribution in [1.82, 2.24) is 0 Å². The second kappa shape index (κ2) is 10.6. The molecule has 0 saturated carbocycles. The number of amides is 1. The van der Waals surface area contributed by atoms with Crippen LogP contribution in [0.25, 0.3) is 0 Å². The summed E-state index contributed by atoms with van der Waals surface area (Å²) in [6, 6.07) is 12.2. The third-order valence-electron chi connectivity index (χ3n) is 3.77. The molecule has 0 aliphatic rings. The Labute approximate surface area is 164 Å². The van der Waals surface area contributed by atoms with Crippen LogP contribution in [0.5, 0.6) is 5.75 Å². The van der Waals surface area contributed by atoms with E-state index in [4.69, 9.17) is 21.1 Å². The number of hydrogen-bond acceptors (Lipinski definition) is 4. The zero-order chi connectivity index (χ0) is 19.6. The van der Waals surface area contributed by atoms with E-state index in [1.807, 2.05) is 19.9 Å². The van der Waals surface area contributed by atoms with Crippen LogP contribution in [-0.2, 0) is 9.53 Å². The number of aryl methyl sites for hydroxylation is 1. The number of carbonyl (C=O) groups excluding carboxylic acids is 2. The maximum absolute atomic E-state index is 12.1. The highest BCUT2D eigenvalue weighted by Gasteiger charge is 2.09. The summed E-state index contributed by atoms with van der Waals surface area (Å²) < 4.78 is 10.7. The predicted octanol–water partition coefficient (Wildman–Crippen LogP) is 5.01. The molecule has 0 heterocycles. The topological polar surface area (TPSA) is 64.6 Å². The number of rotatable bonds is 9. The summed E-state index contributed by atoms with van der Waals surface area (Å²) in [7, 11) is 0.